The Bertz CT molecular complexity index is 991. The van der Waals surface area contributed by atoms with Gasteiger partial charge >= 0.3 is 7.12 Å². The van der Waals surface area contributed by atoms with Crippen LogP contribution >= 0.6 is 11.6 Å². The number of benzene rings is 3. The fraction of sp³-hybridized carbons (Fsp3) is 0. The number of furan rings is 1. The van der Waals surface area contributed by atoms with Crippen LogP contribution in [-0.2, 0) is 0 Å². The first-order valence-corrected chi connectivity index (χ1v) is 6.93. The molecule has 5 heteroatoms. The zero-order chi connectivity index (χ0) is 14.6. The fourth-order valence-corrected chi connectivity index (χ4v) is 3.08. The van der Waals surface area contributed by atoms with E-state index in [4.69, 9.17) is 16.0 Å². The molecule has 3 nitrogen and oxygen atoms in total. The van der Waals surface area contributed by atoms with Gasteiger partial charge in [0, 0.05) is 10.8 Å². The van der Waals surface area contributed by atoms with E-state index in [-0.39, 0.29) is 0 Å². The molecule has 1 aromatic heterocycles. The maximum Gasteiger partial charge on any atom is 0.489 e. The number of rotatable bonds is 1. The van der Waals surface area contributed by atoms with Crippen molar-refractivity contribution in [3.63, 3.8) is 0 Å². The van der Waals surface area contributed by atoms with Gasteiger partial charge in [0.1, 0.15) is 5.58 Å². The third-order valence-electron chi connectivity index (χ3n) is 3.77. The largest absolute Gasteiger partial charge is 0.489 e. The Morgan fingerprint density at radius 2 is 1.62 bits per heavy atom. The van der Waals surface area contributed by atoms with Crippen molar-refractivity contribution in [3.8, 4) is 0 Å². The normalized spacial score (nSPS) is 11.6. The molecular weight excluding hydrogens is 286 g/mol. The quantitative estimate of drug-likeness (QED) is 0.531. The van der Waals surface area contributed by atoms with Crippen molar-refractivity contribution in [2.45, 2.75) is 0 Å². The summed E-state index contributed by atoms with van der Waals surface area (Å²) in [6.07, 6.45) is 0. The first kappa shape index (κ1) is 12.7. The Labute approximate surface area is 125 Å². The third kappa shape index (κ3) is 1.77. The standard InChI is InChI=1S/C16H10BClO3/c18-13-7-3-6-11-15-10-5-2-1-4-9(10)12(17(19)20)8-14(15)21-16(11)13/h1-8,19-20H. The van der Waals surface area contributed by atoms with E-state index in [0.717, 1.165) is 21.5 Å². The second-order valence-corrected chi connectivity index (χ2v) is 5.38. The Morgan fingerprint density at radius 1 is 0.905 bits per heavy atom. The van der Waals surface area contributed by atoms with Crippen molar-refractivity contribution < 1.29 is 14.5 Å². The van der Waals surface area contributed by atoms with Crippen molar-refractivity contribution in [2.75, 3.05) is 0 Å². The molecule has 0 atom stereocenters. The maximum absolute atomic E-state index is 9.60. The molecule has 0 saturated heterocycles. The lowest BCUT2D eigenvalue weighted by atomic mass is 9.76. The lowest BCUT2D eigenvalue weighted by molar-refractivity contribution is 0.426. The van der Waals surface area contributed by atoms with E-state index >= 15 is 0 Å². The Kier molecular flexibility index (Phi) is 2.72. The first-order chi connectivity index (χ1) is 10.2. The van der Waals surface area contributed by atoms with Crippen LogP contribution in [0.4, 0.5) is 0 Å². The molecule has 0 aliphatic rings. The SMILES string of the molecule is OB(O)c1cc2oc3c(Cl)cccc3c2c2ccccc12. The predicted molar refractivity (Wildman–Crippen MR) is 86.1 cm³/mol. The summed E-state index contributed by atoms with van der Waals surface area (Å²) in [5.41, 5.74) is 1.64. The summed E-state index contributed by atoms with van der Waals surface area (Å²) in [5, 5.41) is 23.3. The molecular formula is C16H10BClO3. The molecule has 0 unspecified atom stereocenters. The van der Waals surface area contributed by atoms with E-state index in [9.17, 15) is 10.0 Å². The smallest absolute Gasteiger partial charge is 0.454 e. The van der Waals surface area contributed by atoms with Gasteiger partial charge in [0.05, 0.1) is 5.02 Å². The first-order valence-electron chi connectivity index (χ1n) is 6.55. The molecule has 0 saturated carbocycles. The Balaban J connectivity index is 2.31. The highest BCUT2D eigenvalue weighted by Gasteiger charge is 2.20. The summed E-state index contributed by atoms with van der Waals surface area (Å²) in [6, 6.07) is 14.9. The second kappa shape index (κ2) is 4.50. The lowest BCUT2D eigenvalue weighted by Crippen LogP contribution is -2.30. The average molecular weight is 297 g/mol. The summed E-state index contributed by atoms with van der Waals surface area (Å²) in [5.74, 6) is 0. The molecule has 0 amide bonds. The second-order valence-electron chi connectivity index (χ2n) is 4.98. The molecule has 21 heavy (non-hydrogen) atoms. The summed E-state index contributed by atoms with van der Waals surface area (Å²) < 4.78 is 5.83. The third-order valence-corrected chi connectivity index (χ3v) is 4.06. The van der Waals surface area contributed by atoms with E-state index in [2.05, 4.69) is 0 Å². The minimum atomic E-state index is -1.55. The van der Waals surface area contributed by atoms with Crippen LogP contribution in [0.25, 0.3) is 32.7 Å². The van der Waals surface area contributed by atoms with Crippen LogP contribution in [0.15, 0.2) is 52.9 Å². The van der Waals surface area contributed by atoms with Crippen molar-refractivity contribution in [2.24, 2.45) is 0 Å². The molecule has 4 rings (SSSR count). The van der Waals surface area contributed by atoms with Crippen molar-refractivity contribution in [1.82, 2.24) is 0 Å². The van der Waals surface area contributed by atoms with Gasteiger partial charge in [0.2, 0.25) is 0 Å². The average Bonchev–Trinajstić information content (AvgIpc) is 2.86. The van der Waals surface area contributed by atoms with Gasteiger partial charge in [-0.2, -0.15) is 0 Å². The van der Waals surface area contributed by atoms with Crippen molar-refractivity contribution in [3.05, 3.63) is 53.6 Å². The fourth-order valence-electron chi connectivity index (χ4n) is 2.87. The predicted octanol–water partition coefficient (Wildman–Crippen LogP) is 3.07. The Morgan fingerprint density at radius 3 is 2.38 bits per heavy atom. The van der Waals surface area contributed by atoms with Gasteiger partial charge in [0.25, 0.3) is 0 Å². The van der Waals surface area contributed by atoms with Gasteiger partial charge in [-0.15, -0.1) is 0 Å². The van der Waals surface area contributed by atoms with Gasteiger partial charge in [-0.05, 0) is 28.4 Å². The van der Waals surface area contributed by atoms with Crippen LogP contribution in [0.2, 0.25) is 5.02 Å². The highest BCUT2D eigenvalue weighted by molar-refractivity contribution is 6.62. The molecule has 2 N–H and O–H groups in total. The van der Waals surface area contributed by atoms with Gasteiger partial charge in [-0.25, -0.2) is 0 Å². The van der Waals surface area contributed by atoms with Crippen LogP contribution in [0.1, 0.15) is 0 Å². The molecule has 1 heterocycles. The molecule has 0 fully saturated rings. The summed E-state index contributed by atoms with van der Waals surface area (Å²) in [6.45, 7) is 0. The van der Waals surface area contributed by atoms with Crippen molar-refractivity contribution >= 4 is 56.9 Å². The van der Waals surface area contributed by atoms with E-state index in [1.807, 2.05) is 36.4 Å². The topological polar surface area (TPSA) is 53.6 Å². The van der Waals surface area contributed by atoms with Crippen LogP contribution in [0.5, 0.6) is 0 Å². The number of hydrogen-bond acceptors (Lipinski definition) is 3. The van der Waals surface area contributed by atoms with Gasteiger partial charge in [-0.1, -0.05) is 48.0 Å². The summed E-state index contributed by atoms with van der Waals surface area (Å²) in [4.78, 5) is 0. The van der Waals surface area contributed by atoms with Gasteiger partial charge < -0.3 is 14.5 Å². The van der Waals surface area contributed by atoms with Gasteiger partial charge in [-0.3, -0.25) is 0 Å². The molecule has 102 valence electrons. The monoisotopic (exact) mass is 296 g/mol. The van der Waals surface area contributed by atoms with Crippen LogP contribution < -0.4 is 5.46 Å². The molecule has 0 aliphatic carbocycles. The number of fused-ring (bicyclic) bond motifs is 5. The maximum atomic E-state index is 9.60. The highest BCUT2D eigenvalue weighted by atomic mass is 35.5. The van der Waals surface area contributed by atoms with E-state index in [1.165, 1.54) is 0 Å². The summed E-state index contributed by atoms with van der Waals surface area (Å²) >= 11 is 6.19. The molecule has 0 radical (unpaired) electrons. The molecule has 3 aromatic carbocycles. The molecule has 0 spiro atoms. The van der Waals surface area contributed by atoms with E-state index in [1.54, 1.807) is 12.1 Å². The van der Waals surface area contributed by atoms with Gasteiger partial charge in [0.15, 0.2) is 5.58 Å². The number of para-hydroxylation sites is 1. The highest BCUT2D eigenvalue weighted by Crippen LogP contribution is 2.36. The van der Waals surface area contributed by atoms with Crippen molar-refractivity contribution in [1.29, 1.82) is 0 Å². The zero-order valence-electron chi connectivity index (χ0n) is 10.9. The Hall–Kier alpha value is -2.01. The minimum absolute atomic E-state index is 0.424. The lowest BCUT2D eigenvalue weighted by Gasteiger charge is -2.06. The van der Waals surface area contributed by atoms with Crippen LogP contribution in [-0.4, -0.2) is 17.2 Å². The molecule has 0 aliphatic heterocycles. The van der Waals surface area contributed by atoms with Crippen LogP contribution in [0, 0.1) is 0 Å². The zero-order valence-corrected chi connectivity index (χ0v) is 11.6. The molecule has 0 bridgehead atoms. The van der Waals surface area contributed by atoms with E-state index < -0.39 is 7.12 Å². The molecule has 4 aromatic rings. The number of hydrogen-bond donors (Lipinski definition) is 2. The number of halogens is 1. The van der Waals surface area contributed by atoms with E-state index in [0.29, 0.717) is 21.7 Å². The minimum Gasteiger partial charge on any atom is -0.454 e. The summed E-state index contributed by atoms with van der Waals surface area (Å²) in [7, 11) is -1.55. The van der Waals surface area contributed by atoms with Crippen LogP contribution in [0.3, 0.4) is 0 Å².